The minimum atomic E-state index is -1.16. The average molecular weight is 315 g/mol. The zero-order chi connectivity index (χ0) is 17.0. The highest BCUT2D eigenvalue weighted by Gasteiger charge is 2.22. The molecule has 2 aromatic heterocycles. The summed E-state index contributed by atoms with van der Waals surface area (Å²) < 4.78 is 1.25. The van der Waals surface area contributed by atoms with Crippen molar-refractivity contribution in [3.63, 3.8) is 0 Å². The predicted octanol–water partition coefficient (Wildman–Crippen LogP) is 1.15. The predicted molar refractivity (Wildman–Crippen MR) is 84.5 cm³/mol. The average Bonchev–Trinajstić information content (AvgIpc) is 2.51. The molecule has 7 heteroatoms. The van der Waals surface area contributed by atoms with Crippen LogP contribution in [0.1, 0.15) is 28.8 Å². The van der Waals surface area contributed by atoms with Crippen molar-refractivity contribution in [3.05, 3.63) is 58.7 Å². The molecule has 0 spiro atoms. The number of amides is 1. The Morgan fingerprint density at radius 1 is 1.52 bits per heavy atom. The van der Waals surface area contributed by atoms with Crippen LogP contribution in [0.2, 0.25) is 0 Å². The van der Waals surface area contributed by atoms with Crippen LogP contribution in [0, 0.1) is 6.92 Å². The zero-order valence-corrected chi connectivity index (χ0v) is 12.7. The van der Waals surface area contributed by atoms with Crippen LogP contribution in [0.15, 0.2) is 42.0 Å². The molecule has 0 radical (unpaired) electrons. The molecule has 0 aromatic carbocycles. The summed E-state index contributed by atoms with van der Waals surface area (Å²) in [5.41, 5.74) is 0.619. The minimum Gasteiger partial charge on any atom is -0.480 e. The van der Waals surface area contributed by atoms with Crippen molar-refractivity contribution in [3.8, 4) is 0 Å². The Bertz CT molecular complexity index is 826. The Kier molecular flexibility index (Phi) is 4.90. The van der Waals surface area contributed by atoms with Crippen molar-refractivity contribution in [2.24, 2.45) is 0 Å². The molecule has 2 aromatic rings. The second-order valence-corrected chi connectivity index (χ2v) is 5.14. The molecule has 7 nitrogen and oxygen atoms in total. The van der Waals surface area contributed by atoms with Gasteiger partial charge in [0, 0.05) is 12.4 Å². The van der Waals surface area contributed by atoms with Gasteiger partial charge in [0.05, 0.1) is 0 Å². The van der Waals surface area contributed by atoms with E-state index in [9.17, 15) is 14.4 Å². The molecule has 0 saturated heterocycles. The van der Waals surface area contributed by atoms with Gasteiger partial charge in [-0.1, -0.05) is 6.08 Å². The molecule has 1 unspecified atom stereocenters. The van der Waals surface area contributed by atoms with Gasteiger partial charge < -0.3 is 10.4 Å². The van der Waals surface area contributed by atoms with Crippen LogP contribution in [0.3, 0.4) is 0 Å². The lowest BCUT2D eigenvalue weighted by Crippen LogP contribution is -2.42. The number of hydrogen-bond donors (Lipinski definition) is 2. The van der Waals surface area contributed by atoms with E-state index in [0.29, 0.717) is 12.1 Å². The summed E-state index contributed by atoms with van der Waals surface area (Å²) in [6.07, 6.45) is 4.90. The summed E-state index contributed by atoms with van der Waals surface area (Å²) in [7, 11) is 0. The van der Waals surface area contributed by atoms with E-state index in [1.165, 1.54) is 16.8 Å². The molecule has 2 N–H and O–H groups in total. The van der Waals surface area contributed by atoms with E-state index in [1.54, 1.807) is 18.2 Å². The smallest absolute Gasteiger partial charge is 0.326 e. The maximum Gasteiger partial charge on any atom is 0.326 e. The van der Waals surface area contributed by atoms with Gasteiger partial charge in [-0.05, 0) is 37.5 Å². The summed E-state index contributed by atoms with van der Waals surface area (Å²) >= 11 is 0. The third kappa shape index (κ3) is 3.63. The Hall–Kier alpha value is -2.96. The van der Waals surface area contributed by atoms with Crippen molar-refractivity contribution in [2.75, 3.05) is 0 Å². The van der Waals surface area contributed by atoms with Crippen molar-refractivity contribution in [1.82, 2.24) is 14.7 Å². The number of fused-ring (bicyclic) bond motifs is 1. The first kappa shape index (κ1) is 16.4. The SMILES string of the molecule is C=CCCC(NC(=O)c1cnc2cc(C)ccn2c1=O)C(=O)O. The third-order valence-corrected chi connectivity index (χ3v) is 3.37. The number of aryl methyl sites for hydroxylation is 1. The van der Waals surface area contributed by atoms with Gasteiger partial charge in [-0.15, -0.1) is 6.58 Å². The highest BCUT2D eigenvalue weighted by molar-refractivity contribution is 5.96. The van der Waals surface area contributed by atoms with Gasteiger partial charge >= 0.3 is 5.97 Å². The number of carboxylic acid groups (broad SMARTS) is 1. The number of allylic oxidation sites excluding steroid dienone is 1. The zero-order valence-electron chi connectivity index (χ0n) is 12.7. The highest BCUT2D eigenvalue weighted by Crippen LogP contribution is 2.04. The van der Waals surface area contributed by atoms with Gasteiger partial charge in [-0.2, -0.15) is 0 Å². The molecule has 2 heterocycles. The molecule has 0 bridgehead atoms. The molecule has 1 amide bonds. The van der Waals surface area contributed by atoms with Crippen molar-refractivity contribution in [1.29, 1.82) is 0 Å². The van der Waals surface area contributed by atoms with Crippen LogP contribution >= 0.6 is 0 Å². The topological polar surface area (TPSA) is 101 Å². The number of carboxylic acids is 1. The monoisotopic (exact) mass is 315 g/mol. The number of nitrogens with one attached hydrogen (secondary N) is 1. The van der Waals surface area contributed by atoms with E-state index in [2.05, 4.69) is 16.9 Å². The molecule has 2 rings (SSSR count). The summed E-state index contributed by atoms with van der Waals surface area (Å²) in [4.78, 5) is 39.8. The lowest BCUT2D eigenvalue weighted by Gasteiger charge is -2.13. The van der Waals surface area contributed by atoms with Crippen LogP contribution in [0.25, 0.3) is 5.65 Å². The minimum absolute atomic E-state index is 0.198. The molecule has 23 heavy (non-hydrogen) atoms. The van der Waals surface area contributed by atoms with Gasteiger partial charge in [0.1, 0.15) is 17.3 Å². The first-order valence-corrected chi connectivity index (χ1v) is 7.06. The first-order chi connectivity index (χ1) is 10.9. The number of nitrogens with zero attached hydrogens (tertiary/aromatic N) is 2. The maximum absolute atomic E-state index is 12.3. The number of aliphatic carboxylic acids is 1. The molecule has 0 fully saturated rings. The number of carbonyl (C=O) groups is 2. The Balaban J connectivity index is 2.32. The molecule has 1 atom stereocenters. The largest absolute Gasteiger partial charge is 0.480 e. The number of carbonyl (C=O) groups excluding carboxylic acids is 1. The summed E-state index contributed by atoms with van der Waals surface area (Å²) in [5.74, 6) is -1.92. The van der Waals surface area contributed by atoms with Crippen LogP contribution in [-0.2, 0) is 4.79 Å². The molecule has 0 aliphatic rings. The van der Waals surface area contributed by atoms with Crippen LogP contribution in [-0.4, -0.2) is 32.4 Å². The van der Waals surface area contributed by atoms with E-state index in [4.69, 9.17) is 5.11 Å². The van der Waals surface area contributed by atoms with Gasteiger partial charge in [-0.3, -0.25) is 14.0 Å². The molecule has 0 saturated carbocycles. The van der Waals surface area contributed by atoms with E-state index in [1.807, 2.05) is 6.92 Å². The van der Waals surface area contributed by atoms with Crippen molar-refractivity contribution < 1.29 is 14.7 Å². The van der Waals surface area contributed by atoms with E-state index < -0.39 is 23.5 Å². The summed E-state index contributed by atoms with van der Waals surface area (Å²) in [5, 5.41) is 11.5. The van der Waals surface area contributed by atoms with Crippen LogP contribution in [0.5, 0.6) is 0 Å². The number of hydrogen-bond acceptors (Lipinski definition) is 4. The van der Waals surface area contributed by atoms with Gasteiger partial charge in [-0.25, -0.2) is 9.78 Å². The fourth-order valence-electron chi connectivity index (χ4n) is 2.11. The quantitative estimate of drug-likeness (QED) is 0.779. The van der Waals surface area contributed by atoms with Crippen molar-refractivity contribution >= 4 is 17.5 Å². The first-order valence-electron chi connectivity index (χ1n) is 7.06. The maximum atomic E-state index is 12.3. The summed E-state index contributed by atoms with van der Waals surface area (Å²) in [6.45, 7) is 5.38. The summed E-state index contributed by atoms with van der Waals surface area (Å²) in [6, 6.07) is 2.35. The van der Waals surface area contributed by atoms with E-state index >= 15 is 0 Å². The molecule has 0 aliphatic carbocycles. The van der Waals surface area contributed by atoms with Gasteiger partial charge in [0.2, 0.25) is 0 Å². The normalized spacial score (nSPS) is 11.9. The second-order valence-electron chi connectivity index (χ2n) is 5.14. The van der Waals surface area contributed by atoms with E-state index in [0.717, 1.165) is 5.56 Å². The Labute approximate surface area is 132 Å². The number of rotatable bonds is 6. The molecule has 0 aliphatic heterocycles. The number of pyridine rings is 1. The fourth-order valence-corrected chi connectivity index (χ4v) is 2.11. The Morgan fingerprint density at radius 3 is 2.91 bits per heavy atom. The van der Waals surface area contributed by atoms with E-state index in [-0.39, 0.29) is 12.0 Å². The fraction of sp³-hybridized carbons (Fsp3) is 0.250. The van der Waals surface area contributed by atoms with Gasteiger partial charge in [0.15, 0.2) is 0 Å². The molecule has 120 valence electrons. The molecular weight excluding hydrogens is 298 g/mol. The van der Waals surface area contributed by atoms with Crippen LogP contribution in [0.4, 0.5) is 0 Å². The Morgan fingerprint density at radius 2 is 2.26 bits per heavy atom. The van der Waals surface area contributed by atoms with Crippen LogP contribution < -0.4 is 10.9 Å². The third-order valence-electron chi connectivity index (χ3n) is 3.37. The van der Waals surface area contributed by atoms with Crippen molar-refractivity contribution in [2.45, 2.75) is 25.8 Å². The standard InChI is InChI=1S/C16H17N3O4/c1-3-4-5-12(16(22)23)18-14(20)11-9-17-13-8-10(2)6-7-19(13)15(11)21/h3,6-9,12H,1,4-5H2,2H3,(H,18,20)(H,22,23). The highest BCUT2D eigenvalue weighted by atomic mass is 16.4. The molecular formula is C16H17N3O4. The lowest BCUT2D eigenvalue weighted by molar-refractivity contribution is -0.139. The number of aromatic nitrogens is 2. The lowest BCUT2D eigenvalue weighted by atomic mass is 10.1. The second kappa shape index (κ2) is 6.87. The van der Waals surface area contributed by atoms with Gasteiger partial charge in [0.25, 0.3) is 11.5 Å².